The molecule has 0 aliphatic heterocycles. The van der Waals surface area contributed by atoms with Crippen LogP contribution in [-0.4, -0.2) is 43.1 Å². The van der Waals surface area contributed by atoms with Gasteiger partial charge in [-0.15, -0.1) is 0 Å². The molecule has 45 heavy (non-hydrogen) atoms. The highest BCUT2D eigenvalue weighted by Gasteiger charge is 2.30. The van der Waals surface area contributed by atoms with Crippen molar-refractivity contribution >= 4 is 14.6 Å². The molecule has 0 saturated carbocycles. The number of methoxy groups -OCH3 is 1. The summed E-state index contributed by atoms with van der Waals surface area (Å²) in [5.74, 6) is 1.61. The lowest BCUT2D eigenvalue weighted by molar-refractivity contribution is 0.143. The molecule has 7 nitrogen and oxygen atoms in total. The van der Waals surface area contributed by atoms with Gasteiger partial charge in [0.15, 0.2) is 0 Å². The zero-order valence-electron chi connectivity index (χ0n) is 26.7. The minimum Gasteiger partial charge on any atom is -0.497 e. The zero-order chi connectivity index (χ0) is 31.8. The minimum absolute atomic E-state index is 0.0451. The largest absolute Gasteiger partial charge is 0.497 e. The van der Waals surface area contributed by atoms with E-state index in [1.54, 1.807) is 7.11 Å². The number of benzene rings is 4. The fourth-order valence-corrected chi connectivity index (χ4v) is 7.33. The standard InChI is InChI=1S/C37H43N2O5P/c1-26(2)39(27(3)4)45(43-24-29-16-18-30(41-5)19-17-29)44-31-20-14-28(15-21-31)22-23-38-37(40)42-25-36-34-12-8-6-10-32(34)33-11-7-9-13-35(33)36/h6-21,26-27,36H,22-25H2,1-5H3,(H,38,40). The van der Waals surface area contributed by atoms with Gasteiger partial charge < -0.3 is 23.8 Å². The van der Waals surface area contributed by atoms with E-state index in [0.29, 0.717) is 26.2 Å². The number of hydrogen-bond donors (Lipinski definition) is 1. The summed E-state index contributed by atoms with van der Waals surface area (Å²) in [5, 5.41) is 2.91. The van der Waals surface area contributed by atoms with Crippen molar-refractivity contribution in [3.8, 4) is 22.6 Å². The normalized spacial score (nSPS) is 13.1. The molecule has 1 amide bonds. The minimum atomic E-state index is -1.36. The average molecular weight is 627 g/mol. The number of alkyl carbamates (subject to hydrolysis) is 1. The van der Waals surface area contributed by atoms with Crippen LogP contribution in [0.15, 0.2) is 97.1 Å². The number of hydrogen-bond acceptors (Lipinski definition) is 6. The van der Waals surface area contributed by atoms with Crippen LogP contribution < -0.4 is 14.6 Å². The molecule has 4 aromatic rings. The molecule has 1 aliphatic carbocycles. The fraction of sp³-hybridized carbons (Fsp3) is 0.324. The van der Waals surface area contributed by atoms with E-state index in [2.05, 4.69) is 61.9 Å². The number of ether oxygens (including phenoxy) is 2. The number of nitrogens with one attached hydrogen (secondary N) is 1. The fourth-order valence-electron chi connectivity index (χ4n) is 5.73. The maximum Gasteiger partial charge on any atom is 0.407 e. The summed E-state index contributed by atoms with van der Waals surface area (Å²) < 4.78 is 26.0. The predicted octanol–water partition coefficient (Wildman–Crippen LogP) is 8.72. The Morgan fingerprint density at radius 1 is 0.778 bits per heavy atom. The Morgan fingerprint density at radius 2 is 1.33 bits per heavy atom. The first-order chi connectivity index (χ1) is 21.8. The van der Waals surface area contributed by atoms with Crippen molar-refractivity contribution in [2.45, 2.75) is 58.7 Å². The van der Waals surface area contributed by atoms with Crippen LogP contribution in [0.2, 0.25) is 0 Å². The Labute approximate surface area is 268 Å². The van der Waals surface area contributed by atoms with Crippen LogP contribution in [-0.2, 0) is 22.3 Å². The second-order valence-corrected chi connectivity index (χ2v) is 13.0. The molecule has 1 N–H and O–H groups in total. The van der Waals surface area contributed by atoms with E-state index in [1.807, 2.05) is 72.8 Å². The van der Waals surface area contributed by atoms with Gasteiger partial charge in [-0.2, -0.15) is 0 Å². The van der Waals surface area contributed by atoms with E-state index in [4.69, 9.17) is 18.5 Å². The molecule has 0 fully saturated rings. The molecule has 0 heterocycles. The van der Waals surface area contributed by atoms with Crippen LogP contribution in [0.25, 0.3) is 11.1 Å². The average Bonchev–Trinajstić information content (AvgIpc) is 3.37. The maximum atomic E-state index is 12.6. The summed E-state index contributed by atoms with van der Waals surface area (Å²) in [6.45, 7) is 9.84. The Hall–Kier alpha value is -3.90. The summed E-state index contributed by atoms with van der Waals surface area (Å²) in [7, 11) is 0.305. The van der Waals surface area contributed by atoms with Crippen LogP contribution in [0.1, 0.15) is 55.9 Å². The molecule has 0 bridgehead atoms. The summed E-state index contributed by atoms with van der Waals surface area (Å²) in [5.41, 5.74) is 6.98. The SMILES string of the molecule is COc1ccc(COP(Oc2ccc(CCNC(=O)OCC3c4ccccc4-c4ccccc43)cc2)N(C(C)C)C(C)C)cc1. The van der Waals surface area contributed by atoms with E-state index < -0.39 is 14.6 Å². The Bertz CT molecular complexity index is 1490. The van der Waals surface area contributed by atoms with Crippen molar-refractivity contribution in [2.75, 3.05) is 20.3 Å². The van der Waals surface area contributed by atoms with E-state index in [9.17, 15) is 4.79 Å². The molecule has 0 spiro atoms. The summed E-state index contributed by atoms with van der Waals surface area (Å²) >= 11 is 0. The number of carbonyl (C=O) groups is 1. The summed E-state index contributed by atoms with van der Waals surface area (Å²) in [6.07, 6.45) is 0.274. The zero-order valence-corrected chi connectivity index (χ0v) is 27.6. The van der Waals surface area contributed by atoms with Crippen molar-refractivity contribution in [3.05, 3.63) is 119 Å². The van der Waals surface area contributed by atoms with Gasteiger partial charge in [-0.1, -0.05) is 72.8 Å². The summed E-state index contributed by atoms with van der Waals surface area (Å²) in [4.78, 5) is 12.6. The molecular formula is C37H43N2O5P. The molecule has 1 unspecified atom stereocenters. The monoisotopic (exact) mass is 626 g/mol. The second-order valence-electron chi connectivity index (χ2n) is 11.7. The highest BCUT2D eigenvalue weighted by molar-refractivity contribution is 7.45. The molecule has 0 saturated heterocycles. The van der Waals surface area contributed by atoms with Gasteiger partial charge in [-0.25, -0.2) is 9.46 Å². The first kappa shape index (κ1) is 32.5. The molecular weight excluding hydrogens is 583 g/mol. The Kier molecular flexibility index (Phi) is 11.1. The lowest BCUT2D eigenvalue weighted by Gasteiger charge is -2.35. The summed E-state index contributed by atoms with van der Waals surface area (Å²) in [6, 6.07) is 33.0. The third-order valence-corrected chi connectivity index (χ3v) is 9.90. The molecule has 8 heteroatoms. The molecule has 236 valence electrons. The van der Waals surface area contributed by atoms with Gasteiger partial charge in [0.05, 0.1) is 13.7 Å². The van der Waals surface area contributed by atoms with Crippen LogP contribution in [0.3, 0.4) is 0 Å². The topological polar surface area (TPSA) is 69.3 Å². The van der Waals surface area contributed by atoms with Crippen LogP contribution >= 0.6 is 8.53 Å². The Balaban J connectivity index is 1.12. The predicted molar refractivity (Wildman–Crippen MR) is 181 cm³/mol. The van der Waals surface area contributed by atoms with Gasteiger partial charge >= 0.3 is 14.6 Å². The van der Waals surface area contributed by atoms with E-state index in [0.717, 1.165) is 22.6 Å². The third-order valence-electron chi connectivity index (χ3n) is 7.88. The first-order valence-corrected chi connectivity index (χ1v) is 16.7. The highest BCUT2D eigenvalue weighted by atomic mass is 31.2. The van der Waals surface area contributed by atoms with E-state index in [-0.39, 0.29) is 18.0 Å². The smallest absolute Gasteiger partial charge is 0.407 e. The van der Waals surface area contributed by atoms with Crippen molar-refractivity contribution in [1.82, 2.24) is 9.99 Å². The lowest BCUT2D eigenvalue weighted by atomic mass is 9.98. The first-order valence-electron chi connectivity index (χ1n) is 15.5. The second kappa shape index (κ2) is 15.4. The quantitative estimate of drug-likeness (QED) is 0.141. The maximum absolute atomic E-state index is 12.6. The van der Waals surface area contributed by atoms with Crippen LogP contribution in [0.5, 0.6) is 11.5 Å². The number of fused-ring (bicyclic) bond motifs is 3. The molecule has 1 aliphatic rings. The number of nitrogens with zero attached hydrogens (tertiary/aromatic N) is 1. The molecule has 0 radical (unpaired) electrons. The molecule has 0 aromatic heterocycles. The van der Waals surface area contributed by atoms with Crippen molar-refractivity contribution in [2.24, 2.45) is 0 Å². The van der Waals surface area contributed by atoms with Crippen molar-refractivity contribution < 1.29 is 23.3 Å². The van der Waals surface area contributed by atoms with Crippen molar-refractivity contribution in [3.63, 3.8) is 0 Å². The van der Waals surface area contributed by atoms with Gasteiger partial charge in [0, 0.05) is 24.5 Å². The number of rotatable bonds is 14. The van der Waals surface area contributed by atoms with Gasteiger partial charge in [0.1, 0.15) is 18.1 Å². The van der Waals surface area contributed by atoms with Gasteiger partial charge in [0.25, 0.3) is 0 Å². The van der Waals surface area contributed by atoms with Crippen molar-refractivity contribution in [1.29, 1.82) is 0 Å². The number of amides is 1. The highest BCUT2D eigenvalue weighted by Crippen LogP contribution is 2.47. The molecule has 4 aromatic carbocycles. The van der Waals surface area contributed by atoms with E-state index in [1.165, 1.54) is 22.3 Å². The van der Waals surface area contributed by atoms with Gasteiger partial charge in [-0.3, -0.25) is 0 Å². The molecule has 5 rings (SSSR count). The Morgan fingerprint density at radius 3 is 1.91 bits per heavy atom. The van der Waals surface area contributed by atoms with Gasteiger partial charge in [-0.05, 0) is 91.8 Å². The lowest BCUT2D eigenvalue weighted by Crippen LogP contribution is -2.34. The molecule has 1 atom stereocenters. The van der Waals surface area contributed by atoms with Crippen LogP contribution in [0, 0.1) is 0 Å². The third kappa shape index (κ3) is 8.23. The number of carbonyl (C=O) groups excluding carboxylic acids is 1. The van der Waals surface area contributed by atoms with Gasteiger partial charge in [0.2, 0.25) is 0 Å². The van der Waals surface area contributed by atoms with Crippen LogP contribution in [0.4, 0.5) is 4.79 Å². The van der Waals surface area contributed by atoms with E-state index >= 15 is 0 Å².